The summed E-state index contributed by atoms with van der Waals surface area (Å²) < 4.78 is 12.9. The zero-order chi connectivity index (χ0) is 11.6. The Bertz CT molecular complexity index is 372. The van der Waals surface area contributed by atoms with Gasteiger partial charge in [-0.1, -0.05) is 46.4 Å². The van der Waals surface area contributed by atoms with Crippen molar-refractivity contribution in [1.29, 1.82) is 0 Å². The van der Waals surface area contributed by atoms with Crippen molar-refractivity contribution < 1.29 is 4.39 Å². The minimum atomic E-state index is -0.256. The van der Waals surface area contributed by atoms with E-state index < -0.39 is 0 Å². The molecule has 0 aliphatic heterocycles. The Balaban J connectivity index is 2.19. The molecule has 0 unspecified atom stereocenters. The topological polar surface area (TPSA) is 0 Å². The van der Waals surface area contributed by atoms with Crippen molar-refractivity contribution in [2.75, 3.05) is 5.33 Å². The van der Waals surface area contributed by atoms with E-state index >= 15 is 0 Å². The second-order valence-corrected chi connectivity index (χ2v) is 5.72. The van der Waals surface area contributed by atoms with Crippen LogP contribution in [0.15, 0.2) is 18.2 Å². The van der Waals surface area contributed by atoms with E-state index in [-0.39, 0.29) is 5.82 Å². The molecule has 16 heavy (non-hydrogen) atoms. The zero-order valence-electron chi connectivity index (χ0n) is 9.11. The number of hydrogen-bond acceptors (Lipinski definition) is 0. The van der Waals surface area contributed by atoms with Gasteiger partial charge in [0.25, 0.3) is 0 Å². The van der Waals surface area contributed by atoms with Gasteiger partial charge < -0.3 is 0 Å². The molecule has 1 fully saturated rings. The molecule has 0 N–H and O–H groups in total. The first-order chi connectivity index (χ1) is 7.65. The number of benzene rings is 1. The summed E-state index contributed by atoms with van der Waals surface area (Å²) >= 11 is 9.68. The largest absolute Gasteiger partial charge is 0.207 e. The molecule has 0 bridgehead atoms. The zero-order valence-corrected chi connectivity index (χ0v) is 11.5. The third-order valence-electron chi connectivity index (χ3n) is 3.53. The molecule has 0 radical (unpaired) electrons. The van der Waals surface area contributed by atoms with E-state index in [4.69, 9.17) is 11.6 Å². The van der Waals surface area contributed by atoms with Crippen LogP contribution in [0.1, 0.15) is 31.2 Å². The Labute approximate surface area is 109 Å². The highest BCUT2D eigenvalue weighted by molar-refractivity contribution is 9.09. The Hall–Kier alpha value is -0.0800. The molecule has 0 nitrogen and oxygen atoms in total. The summed E-state index contributed by atoms with van der Waals surface area (Å²) in [6, 6.07) is 4.73. The first-order valence-electron chi connectivity index (χ1n) is 5.65. The summed E-state index contributed by atoms with van der Waals surface area (Å²) in [7, 11) is 0. The molecule has 0 atom stereocenters. The van der Waals surface area contributed by atoms with Crippen molar-refractivity contribution in [3.63, 3.8) is 0 Å². The van der Waals surface area contributed by atoms with Gasteiger partial charge in [0.1, 0.15) is 5.82 Å². The molecule has 1 saturated carbocycles. The fourth-order valence-corrected chi connectivity index (χ4v) is 3.54. The van der Waals surface area contributed by atoms with Crippen LogP contribution in [-0.2, 0) is 6.42 Å². The second-order valence-electron chi connectivity index (χ2n) is 4.75. The molecule has 1 aliphatic rings. The fraction of sp³-hybridized carbons (Fsp3) is 0.538. The average Bonchev–Trinajstić information content (AvgIpc) is 2.72. The minimum absolute atomic E-state index is 0.256. The lowest BCUT2D eigenvalue weighted by atomic mass is 9.82. The molecule has 0 amide bonds. The molecule has 1 aromatic carbocycles. The molecule has 0 spiro atoms. The standard InChI is InChI=1S/C13H15BrClF/c14-9-13(5-1-2-6-13)8-10-3-4-11(16)7-12(10)15/h3-4,7H,1-2,5-6,8-9H2. The smallest absolute Gasteiger partial charge is 0.124 e. The molecular formula is C13H15BrClF. The van der Waals surface area contributed by atoms with Gasteiger partial charge in [-0.25, -0.2) is 4.39 Å². The molecule has 0 heterocycles. The molecule has 2 rings (SSSR count). The van der Waals surface area contributed by atoms with Gasteiger partial charge in [-0.2, -0.15) is 0 Å². The van der Waals surface area contributed by atoms with Crippen molar-refractivity contribution in [3.05, 3.63) is 34.6 Å². The highest BCUT2D eigenvalue weighted by Crippen LogP contribution is 2.43. The summed E-state index contributed by atoms with van der Waals surface area (Å²) in [4.78, 5) is 0. The number of halogens is 3. The molecule has 0 aromatic heterocycles. The van der Waals surface area contributed by atoms with Gasteiger partial charge >= 0.3 is 0 Å². The summed E-state index contributed by atoms with van der Waals surface area (Å²) in [5.41, 5.74) is 1.41. The molecule has 88 valence electrons. The quantitative estimate of drug-likeness (QED) is 0.691. The SMILES string of the molecule is Fc1ccc(CC2(CBr)CCCC2)c(Cl)c1. The van der Waals surface area contributed by atoms with Gasteiger partial charge in [-0.15, -0.1) is 0 Å². The highest BCUT2D eigenvalue weighted by atomic mass is 79.9. The van der Waals surface area contributed by atoms with E-state index in [2.05, 4.69) is 15.9 Å². The molecule has 0 saturated heterocycles. The van der Waals surface area contributed by atoms with Crippen LogP contribution in [0, 0.1) is 11.2 Å². The highest BCUT2D eigenvalue weighted by Gasteiger charge is 2.33. The lowest BCUT2D eigenvalue weighted by Gasteiger charge is -2.27. The van der Waals surface area contributed by atoms with Crippen LogP contribution in [0.5, 0.6) is 0 Å². The van der Waals surface area contributed by atoms with Gasteiger partial charge in [0, 0.05) is 10.4 Å². The first-order valence-corrected chi connectivity index (χ1v) is 7.15. The van der Waals surface area contributed by atoms with Crippen LogP contribution in [0.3, 0.4) is 0 Å². The van der Waals surface area contributed by atoms with Crippen molar-refractivity contribution in [2.24, 2.45) is 5.41 Å². The van der Waals surface area contributed by atoms with Crippen molar-refractivity contribution >= 4 is 27.5 Å². The van der Waals surface area contributed by atoms with Crippen LogP contribution in [-0.4, -0.2) is 5.33 Å². The van der Waals surface area contributed by atoms with Crippen LogP contribution >= 0.6 is 27.5 Å². The normalized spacial score (nSPS) is 18.9. The van der Waals surface area contributed by atoms with Crippen LogP contribution < -0.4 is 0 Å². The lowest BCUT2D eigenvalue weighted by Crippen LogP contribution is -2.21. The van der Waals surface area contributed by atoms with Crippen LogP contribution in [0.4, 0.5) is 4.39 Å². The van der Waals surface area contributed by atoms with Gasteiger partial charge in [0.2, 0.25) is 0 Å². The Morgan fingerprint density at radius 2 is 2.00 bits per heavy atom. The van der Waals surface area contributed by atoms with Crippen LogP contribution in [0.25, 0.3) is 0 Å². The summed E-state index contributed by atoms with van der Waals surface area (Å²) in [6.07, 6.45) is 6.03. The number of rotatable bonds is 3. The Morgan fingerprint density at radius 3 is 2.56 bits per heavy atom. The summed E-state index contributed by atoms with van der Waals surface area (Å²) in [5, 5.41) is 1.57. The van der Waals surface area contributed by atoms with E-state index in [1.54, 1.807) is 0 Å². The second kappa shape index (κ2) is 5.05. The third-order valence-corrected chi connectivity index (χ3v) is 5.07. The fourth-order valence-electron chi connectivity index (χ4n) is 2.55. The predicted molar refractivity (Wildman–Crippen MR) is 69.8 cm³/mol. The maximum atomic E-state index is 12.9. The van der Waals surface area contributed by atoms with E-state index in [1.807, 2.05) is 6.07 Å². The minimum Gasteiger partial charge on any atom is -0.207 e. The van der Waals surface area contributed by atoms with Gasteiger partial charge in [0.05, 0.1) is 0 Å². The van der Waals surface area contributed by atoms with E-state index in [0.29, 0.717) is 10.4 Å². The Kier molecular flexibility index (Phi) is 3.91. The molecule has 3 heteroatoms. The summed E-state index contributed by atoms with van der Waals surface area (Å²) in [6.45, 7) is 0. The van der Waals surface area contributed by atoms with Crippen molar-refractivity contribution in [3.8, 4) is 0 Å². The van der Waals surface area contributed by atoms with Crippen LogP contribution in [0.2, 0.25) is 5.02 Å². The Morgan fingerprint density at radius 1 is 1.31 bits per heavy atom. The van der Waals surface area contributed by atoms with Crippen molar-refractivity contribution in [2.45, 2.75) is 32.1 Å². The maximum absolute atomic E-state index is 12.9. The lowest BCUT2D eigenvalue weighted by molar-refractivity contribution is 0.346. The van der Waals surface area contributed by atoms with Gasteiger partial charge in [-0.3, -0.25) is 0 Å². The first kappa shape index (κ1) is 12.4. The molecular weight excluding hydrogens is 290 g/mol. The average molecular weight is 306 g/mol. The molecule has 1 aliphatic carbocycles. The third kappa shape index (κ3) is 2.60. The van der Waals surface area contributed by atoms with E-state index in [1.165, 1.54) is 37.8 Å². The maximum Gasteiger partial charge on any atom is 0.124 e. The van der Waals surface area contributed by atoms with E-state index in [0.717, 1.165) is 17.3 Å². The molecule has 1 aromatic rings. The van der Waals surface area contributed by atoms with Gasteiger partial charge in [-0.05, 0) is 42.4 Å². The van der Waals surface area contributed by atoms with Crippen molar-refractivity contribution in [1.82, 2.24) is 0 Å². The van der Waals surface area contributed by atoms with E-state index in [9.17, 15) is 4.39 Å². The number of hydrogen-bond donors (Lipinski definition) is 0. The monoisotopic (exact) mass is 304 g/mol. The van der Waals surface area contributed by atoms with Gasteiger partial charge in [0.15, 0.2) is 0 Å². The predicted octanol–water partition coefficient (Wildman–Crippen LogP) is 4.98. The summed E-state index contributed by atoms with van der Waals surface area (Å²) in [5.74, 6) is -0.256. The number of alkyl halides is 1.